The van der Waals surface area contributed by atoms with Gasteiger partial charge >= 0.3 is 39.5 Å². The van der Waals surface area contributed by atoms with Crippen molar-refractivity contribution in [3.8, 4) is 0 Å². The van der Waals surface area contributed by atoms with Crippen molar-refractivity contribution in [2.24, 2.45) is 11.8 Å². The number of hydrogen-bond donors (Lipinski definition) is 3. The van der Waals surface area contributed by atoms with Crippen molar-refractivity contribution in [1.29, 1.82) is 0 Å². The molecule has 0 heterocycles. The molecule has 6 atom stereocenters. The maximum absolute atomic E-state index is 13.0. The molecule has 0 aromatic carbocycles. The lowest BCUT2D eigenvalue weighted by atomic mass is 9.99. The van der Waals surface area contributed by atoms with E-state index in [9.17, 15) is 43.2 Å². The van der Waals surface area contributed by atoms with Crippen LogP contribution in [0.25, 0.3) is 0 Å². The molecular formula is C70H136O17P2. The molecule has 0 spiro atoms. The highest BCUT2D eigenvalue weighted by molar-refractivity contribution is 7.47. The van der Waals surface area contributed by atoms with Gasteiger partial charge in [-0.1, -0.05) is 305 Å². The van der Waals surface area contributed by atoms with Crippen molar-refractivity contribution in [2.45, 2.75) is 374 Å². The molecule has 0 aromatic heterocycles. The number of rotatable bonds is 69. The number of phosphoric acid groups is 2. The Morgan fingerprint density at radius 1 is 0.326 bits per heavy atom. The highest BCUT2D eigenvalue weighted by atomic mass is 31.2. The summed E-state index contributed by atoms with van der Waals surface area (Å²) in [5.41, 5.74) is 0. The lowest BCUT2D eigenvalue weighted by Crippen LogP contribution is -2.30. The highest BCUT2D eigenvalue weighted by Crippen LogP contribution is 2.45. The summed E-state index contributed by atoms with van der Waals surface area (Å²) in [6.07, 6.45) is 47.7. The first-order chi connectivity index (χ1) is 42.9. The van der Waals surface area contributed by atoms with E-state index in [0.29, 0.717) is 25.7 Å². The maximum atomic E-state index is 13.0. The van der Waals surface area contributed by atoms with Crippen molar-refractivity contribution >= 4 is 39.5 Å². The van der Waals surface area contributed by atoms with E-state index in [1.807, 2.05) is 0 Å². The maximum Gasteiger partial charge on any atom is 0.472 e. The molecule has 3 N–H and O–H groups in total. The van der Waals surface area contributed by atoms with E-state index in [4.69, 9.17) is 37.0 Å². The van der Waals surface area contributed by atoms with Crippen LogP contribution < -0.4 is 0 Å². The Morgan fingerprint density at radius 3 is 0.854 bits per heavy atom. The van der Waals surface area contributed by atoms with Crippen molar-refractivity contribution in [2.75, 3.05) is 39.6 Å². The summed E-state index contributed by atoms with van der Waals surface area (Å²) in [6.45, 7) is 9.51. The molecule has 0 aliphatic heterocycles. The average Bonchev–Trinajstić information content (AvgIpc) is 3.55. The molecule has 3 unspecified atom stereocenters. The van der Waals surface area contributed by atoms with E-state index in [1.165, 1.54) is 161 Å². The number of carbonyl (C=O) groups is 4. The van der Waals surface area contributed by atoms with Gasteiger partial charge in [0.1, 0.15) is 19.3 Å². The summed E-state index contributed by atoms with van der Waals surface area (Å²) in [4.78, 5) is 72.1. The lowest BCUT2D eigenvalue weighted by Gasteiger charge is -2.21. The molecule has 19 heteroatoms. The standard InChI is InChI=1S/C70H136O17P2/c1-7-10-12-14-15-35-42-48-54-69(74)86-65(58-80-67(72)52-46-38-13-11-8-2)60-84-88(76,77)82-56-64(71)57-83-89(78,79)85-61-66(87-70(75)55-49-43-37-32-28-24-18-16-17-21-25-29-33-39-44-50-62(4)5)59-81-68(73)53-47-41-36-31-27-23-20-19-22-26-30-34-40-45-51-63(6)9-3/h62-66,71H,7-61H2,1-6H3,(H,76,77)(H,78,79)/t63?,64-,65+,66+/m0/s1. The summed E-state index contributed by atoms with van der Waals surface area (Å²) in [7, 11) is -9.88. The summed E-state index contributed by atoms with van der Waals surface area (Å²) in [5, 5.41) is 10.5. The van der Waals surface area contributed by atoms with E-state index >= 15 is 0 Å². The second kappa shape index (κ2) is 62.2. The topological polar surface area (TPSA) is 237 Å². The largest absolute Gasteiger partial charge is 0.472 e. The number of aliphatic hydroxyl groups excluding tert-OH is 1. The zero-order valence-electron chi connectivity index (χ0n) is 57.7. The van der Waals surface area contributed by atoms with Gasteiger partial charge in [0.05, 0.1) is 26.4 Å². The van der Waals surface area contributed by atoms with Crippen LogP contribution in [0.4, 0.5) is 0 Å². The van der Waals surface area contributed by atoms with Crippen LogP contribution >= 0.6 is 15.6 Å². The number of esters is 4. The molecule has 0 saturated carbocycles. The lowest BCUT2D eigenvalue weighted by molar-refractivity contribution is -0.161. The number of hydrogen-bond acceptors (Lipinski definition) is 15. The molecule has 0 fully saturated rings. The zero-order chi connectivity index (χ0) is 65.7. The van der Waals surface area contributed by atoms with Gasteiger partial charge in [-0.05, 0) is 37.5 Å². The molecule has 0 bridgehead atoms. The first kappa shape index (κ1) is 87.1. The fourth-order valence-electron chi connectivity index (χ4n) is 10.6. The van der Waals surface area contributed by atoms with E-state index in [2.05, 4.69) is 41.5 Å². The van der Waals surface area contributed by atoms with Gasteiger partial charge in [0.2, 0.25) is 0 Å². The van der Waals surface area contributed by atoms with Crippen molar-refractivity contribution in [3.63, 3.8) is 0 Å². The van der Waals surface area contributed by atoms with Gasteiger partial charge in [-0.15, -0.1) is 0 Å². The summed E-state index contributed by atoms with van der Waals surface area (Å²) in [5.74, 6) is -0.486. The molecule has 17 nitrogen and oxygen atoms in total. The van der Waals surface area contributed by atoms with Crippen LogP contribution in [0, 0.1) is 11.8 Å². The highest BCUT2D eigenvalue weighted by Gasteiger charge is 2.30. The van der Waals surface area contributed by atoms with Crippen molar-refractivity contribution in [1.82, 2.24) is 0 Å². The van der Waals surface area contributed by atoms with E-state index in [1.54, 1.807) is 0 Å². The Labute approximate surface area is 543 Å². The van der Waals surface area contributed by atoms with E-state index < -0.39 is 97.5 Å². The van der Waals surface area contributed by atoms with Crippen molar-refractivity contribution in [3.05, 3.63) is 0 Å². The van der Waals surface area contributed by atoms with Gasteiger partial charge in [-0.3, -0.25) is 37.3 Å². The summed E-state index contributed by atoms with van der Waals surface area (Å²) in [6, 6.07) is 0. The van der Waals surface area contributed by atoms with E-state index in [-0.39, 0.29) is 25.7 Å². The smallest absolute Gasteiger partial charge is 0.462 e. The van der Waals surface area contributed by atoms with Crippen LogP contribution in [-0.4, -0.2) is 96.7 Å². The number of phosphoric ester groups is 2. The van der Waals surface area contributed by atoms with E-state index in [0.717, 1.165) is 115 Å². The molecule has 528 valence electrons. The molecule has 0 saturated heterocycles. The first-order valence-corrected chi connectivity index (χ1v) is 39.5. The quantitative estimate of drug-likeness (QED) is 0.0222. The fourth-order valence-corrected chi connectivity index (χ4v) is 12.1. The number of unbranched alkanes of at least 4 members (excludes halogenated alkanes) is 38. The molecule has 89 heavy (non-hydrogen) atoms. The number of carbonyl (C=O) groups excluding carboxylic acids is 4. The Morgan fingerprint density at radius 2 is 0.573 bits per heavy atom. The van der Waals surface area contributed by atoms with Gasteiger partial charge in [0.15, 0.2) is 12.2 Å². The number of aliphatic hydroxyl groups is 1. The molecule has 0 aliphatic carbocycles. The monoisotopic (exact) mass is 1310 g/mol. The summed E-state index contributed by atoms with van der Waals surface area (Å²) >= 11 is 0. The predicted octanol–water partition coefficient (Wildman–Crippen LogP) is 20.0. The fraction of sp³-hybridized carbons (Fsp3) is 0.943. The number of ether oxygens (including phenoxy) is 4. The average molecular weight is 1310 g/mol. The minimum Gasteiger partial charge on any atom is -0.462 e. The van der Waals surface area contributed by atoms with Crippen molar-refractivity contribution < 1.29 is 80.2 Å². The second-order valence-corrected chi connectivity index (χ2v) is 28.9. The normalized spacial score (nSPS) is 14.4. The van der Waals surface area contributed by atoms with Crippen LogP contribution in [-0.2, 0) is 65.4 Å². The Hall–Kier alpha value is -1.94. The first-order valence-electron chi connectivity index (χ1n) is 36.5. The van der Waals surface area contributed by atoms with Crippen LogP contribution in [0.1, 0.15) is 356 Å². The second-order valence-electron chi connectivity index (χ2n) is 26.0. The Balaban J connectivity index is 5.12. The molecule has 0 aliphatic rings. The predicted molar refractivity (Wildman–Crippen MR) is 358 cm³/mol. The van der Waals surface area contributed by atoms with Crippen LogP contribution in [0.15, 0.2) is 0 Å². The van der Waals surface area contributed by atoms with Crippen LogP contribution in [0.5, 0.6) is 0 Å². The third kappa shape index (κ3) is 63.2. The molecule has 0 radical (unpaired) electrons. The Bertz CT molecular complexity index is 1740. The molecule has 0 amide bonds. The van der Waals surface area contributed by atoms with Crippen LogP contribution in [0.2, 0.25) is 0 Å². The third-order valence-corrected chi connectivity index (χ3v) is 18.5. The summed E-state index contributed by atoms with van der Waals surface area (Å²) < 4.78 is 68.0. The molecular weight excluding hydrogens is 1170 g/mol. The van der Waals surface area contributed by atoms with Gasteiger partial charge in [-0.2, -0.15) is 0 Å². The SMILES string of the molecule is CCCCCCCCCCC(=O)O[C@H](COC(=O)CCCCCCC)COP(=O)(O)OC[C@H](O)COP(=O)(O)OC[C@@H](COC(=O)CCCCCCCCCCCCCCCCC(C)CC)OC(=O)CCCCCCCCCCCCCCCCCC(C)C. The van der Waals surface area contributed by atoms with Gasteiger partial charge < -0.3 is 33.8 Å². The Kier molecular flexibility index (Phi) is 60.8. The van der Waals surface area contributed by atoms with Crippen LogP contribution in [0.3, 0.4) is 0 Å². The minimum absolute atomic E-state index is 0.104. The molecule has 0 aromatic rings. The minimum atomic E-state index is -4.95. The van der Waals surface area contributed by atoms with Gasteiger partial charge in [0, 0.05) is 25.7 Å². The van der Waals surface area contributed by atoms with Gasteiger partial charge in [0.25, 0.3) is 0 Å². The molecule has 0 rings (SSSR count). The third-order valence-electron chi connectivity index (χ3n) is 16.6. The zero-order valence-corrected chi connectivity index (χ0v) is 59.5. The van der Waals surface area contributed by atoms with Gasteiger partial charge in [-0.25, -0.2) is 9.13 Å².